The van der Waals surface area contributed by atoms with E-state index in [4.69, 9.17) is 10.00 Å². The first kappa shape index (κ1) is 28.8. The number of benzene rings is 2. The molecule has 1 saturated carbocycles. The van der Waals surface area contributed by atoms with Crippen LogP contribution in [0.4, 0.5) is 0 Å². The van der Waals surface area contributed by atoms with E-state index in [1.807, 2.05) is 6.92 Å². The van der Waals surface area contributed by atoms with E-state index in [2.05, 4.69) is 67.6 Å². The summed E-state index contributed by atoms with van der Waals surface area (Å²) in [5.74, 6) is 1.68. The zero-order valence-electron chi connectivity index (χ0n) is 23.2. The fourth-order valence-electron chi connectivity index (χ4n) is 5.66. The van der Waals surface area contributed by atoms with Crippen LogP contribution in [0.15, 0.2) is 48.5 Å². The lowest BCUT2D eigenvalue weighted by Crippen LogP contribution is -2.25. The van der Waals surface area contributed by atoms with Crippen molar-refractivity contribution in [2.24, 2.45) is 11.3 Å². The quantitative estimate of drug-likeness (QED) is 0.229. The molecule has 0 N–H and O–H groups in total. The van der Waals surface area contributed by atoms with Crippen LogP contribution in [0.5, 0.6) is 5.75 Å². The molecule has 0 aromatic heterocycles. The summed E-state index contributed by atoms with van der Waals surface area (Å²) in [5, 5.41) is 18.7. The number of rotatable bonds is 15. The van der Waals surface area contributed by atoms with E-state index in [1.54, 1.807) is 0 Å². The second-order valence-corrected chi connectivity index (χ2v) is 11.2. The third kappa shape index (κ3) is 9.23. The monoisotopic (exact) mass is 498 g/mol. The van der Waals surface area contributed by atoms with Crippen molar-refractivity contribution < 1.29 is 4.74 Å². The molecule has 0 radical (unpaired) electrons. The van der Waals surface area contributed by atoms with E-state index in [0.29, 0.717) is 5.92 Å². The molecule has 1 aliphatic rings. The van der Waals surface area contributed by atoms with Gasteiger partial charge >= 0.3 is 0 Å². The zero-order chi connectivity index (χ0) is 26.3. The minimum Gasteiger partial charge on any atom is -0.494 e. The van der Waals surface area contributed by atoms with Crippen molar-refractivity contribution in [2.45, 2.75) is 110 Å². The van der Waals surface area contributed by atoms with Crippen molar-refractivity contribution in [2.75, 3.05) is 6.61 Å². The molecule has 3 nitrogen and oxygen atoms in total. The van der Waals surface area contributed by atoms with Crippen LogP contribution in [0.25, 0.3) is 11.1 Å². The second-order valence-electron chi connectivity index (χ2n) is 11.2. The SMILES string of the molecule is CCCCCCC1(C#N)CCC(c2ccc(-c3ccc(OCCCCCCC(C)C#N)cc3)cc2)CC1. The van der Waals surface area contributed by atoms with Gasteiger partial charge in [-0.1, -0.05) is 88.3 Å². The molecule has 0 amide bonds. The van der Waals surface area contributed by atoms with Crippen LogP contribution in [0.2, 0.25) is 0 Å². The second kappa shape index (κ2) is 15.5. The highest BCUT2D eigenvalue weighted by molar-refractivity contribution is 5.64. The maximum Gasteiger partial charge on any atom is 0.119 e. The molecule has 0 spiro atoms. The molecule has 1 atom stereocenters. The average molecular weight is 499 g/mol. The van der Waals surface area contributed by atoms with Gasteiger partial charge in [0.05, 0.1) is 24.2 Å². The van der Waals surface area contributed by atoms with Gasteiger partial charge in [-0.25, -0.2) is 0 Å². The van der Waals surface area contributed by atoms with Crippen molar-refractivity contribution in [3.8, 4) is 29.0 Å². The summed E-state index contributed by atoms with van der Waals surface area (Å²) in [6.07, 6.45) is 15.9. The summed E-state index contributed by atoms with van der Waals surface area (Å²) in [5.41, 5.74) is 3.79. The molecule has 0 bridgehead atoms. The molecule has 0 saturated heterocycles. The first-order chi connectivity index (χ1) is 18.1. The molecule has 198 valence electrons. The molecule has 0 heterocycles. The van der Waals surface area contributed by atoms with Gasteiger partial charge < -0.3 is 4.74 Å². The van der Waals surface area contributed by atoms with Crippen LogP contribution >= 0.6 is 0 Å². The summed E-state index contributed by atoms with van der Waals surface area (Å²) in [7, 11) is 0. The Morgan fingerprint density at radius 3 is 2.08 bits per heavy atom. The lowest BCUT2D eigenvalue weighted by atomic mass is 9.67. The third-order valence-electron chi connectivity index (χ3n) is 8.28. The highest BCUT2D eigenvalue weighted by Gasteiger charge is 2.35. The van der Waals surface area contributed by atoms with E-state index in [-0.39, 0.29) is 11.3 Å². The van der Waals surface area contributed by atoms with Gasteiger partial charge in [0.1, 0.15) is 5.75 Å². The number of nitrogens with zero attached hydrogens (tertiary/aromatic N) is 2. The van der Waals surface area contributed by atoms with Gasteiger partial charge in [-0.15, -0.1) is 0 Å². The van der Waals surface area contributed by atoms with Gasteiger partial charge in [-0.3, -0.25) is 0 Å². The van der Waals surface area contributed by atoms with Gasteiger partial charge in [0.15, 0.2) is 0 Å². The van der Waals surface area contributed by atoms with E-state index in [9.17, 15) is 5.26 Å². The predicted octanol–water partition coefficient (Wildman–Crippen LogP) is 9.98. The molecule has 3 heteroatoms. The van der Waals surface area contributed by atoms with Gasteiger partial charge in [-0.2, -0.15) is 10.5 Å². The number of nitriles is 2. The molecule has 37 heavy (non-hydrogen) atoms. The Bertz CT molecular complexity index is 988. The fourth-order valence-corrected chi connectivity index (χ4v) is 5.66. The molecule has 2 aromatic carbocycles. The molecule has 0 aliphatic heterocycles. The number of hydrogen-bond donors (Lipinski definition) is 0. The Labute approximate surface area is 225 Å². The molecule has 1 unspecified atom stereocenters. The minimum atomic E-state index is -0.0786. The third-order valence-corrected chi connectivity index (χ3v) is 8.28. The van der Waals surface area contributed by atoms with Crippen molar-refractivity contribution >= 4 is 0 Å². The van der Waals surface area contributed by atoms with Crippen molar-refractivity contribution in [1.82, 2.24) is 0 Å². The minimum absolute atomic E-state index is 0.0786. The smallest absolute Gasteiger partial charge is 0.119 e. The first-order valence-corrected chi connectivity index (χ1v) is 14.7. The summed E-state index contributed by atoms with van der Waals surface area (Å²) < 4.78 is 5.93. The van der Waals surface area contributed by atoms with E-state index >= 15 is 0 Å². The Kier molecular flexibility index (Phi) is 12.0. The van der Waals surface area contributed by atoms with Gasteiger partial charge in [0.2, 0.25) is 0 Å². The van der Waals surface area contributed by atoms with Crippen molar-refractivity contribution in [3.05, 3.63) is 54.1 Å². The van der Waals surface area contributed by atoms with E-state index in [0.717, 1.165) is 70.1 Å². The lowest BCUT2D eigenvalue weighted by Gasteiger charge is -2.35. The Morgan fingerprint density at radius 2 is 1.46 bits per heavy atom. The number of unbranched alkanes of at least 4 members (excludes halogenated alkanes) is 6. The Balaban J connectivity index is 1.41. The van der Waals surface area contributed by atoms with Crippen LogP contribution in [0, 0.1) is 34.0 Å². The highest BCUT2D eigenvalue weighted by atomic mass is 16.5. The summed E-state index contributed by atoms with van der Waals surface area (Å²) in [6, 6.07) is 22.5. The molecular weight excluding hydrogens is 452 g/mol. The van der Waals surface area contributed by atoms with Crippen molar-refractivity contribution in [1.29, 1.82) is 10.5 Å². The van der Waals surface area contributed by atoms with Gasteiger partial charge in [0.25, 0.3) is 0 Å². The van der Waals surface area contributed by atoms with Gasteiger partial charge in [-0.05, 0) is 86.6 Å². The summed E-state index contributed by atoms with van der Waals surface area (Å²) in [4.78, 5) is 0. The largest absolute Gasteiger partial charge is 0.494 e. The normalized spacial score (nSPS) is 20.1. The summed E-state index contributed by atoms with van der Waals surface area (Å²) in [6.45, 7) is 4.98. The Morgan fingerprint density at radius 1 is 0.838 bits per heavy atom. The highest BCUT2D eigenvalue weighted by Crippen LogP contribution is 2.45. The fraction of sp³-hybridized carbons (Fsp3) is 0.588. The van der Waals surface area contributed by atoms with Crippen LogP contribution in [0.1, 0.15) is 115 Å². The van der Waals surface area contributed by atoms with Gasteiger partial charge in [0, 0.05) is 5.92 Å². The standard InChI is InChI=1S/C34H46N2O/c1-3-4-5-9-22-34(27-36)23-20-32(21-24-34)30-14-12-29(13-15-30)31-16-18-33(19-17-31)37-25-10-7-6-8-11-28(2)26-35/h12-19,28,32H,3-11,20-25H2,1-2H3. The van der Waals surface area contributed by atoms with Crippen LogP contribution in [-0.2, 0) is 0 Å². The maximum atomic E-state index is 9.88. The average Bonchev–Trinajstić information content (AvgIpc) is 2.95. The molecule has 3 rings (SSSR count). The number of ether oxygens (including phenoxy) is 1. The Hall–Kier alpha value is -2.78. The zero-order valence-corrected chi connectivity index (χ0v) is 23.2. The lowest BCUT2D eigenvalue weighted by molar-refractivity contribution is 0.223. The van der Waals surface area contributed by atoms with Crippen LogP contribution in [-0.4, -0.2) is 6.61 Å². The van der Waals surface area contributed by atoms with Crippen molar-refractivity contribution in [3.63, 3.8) is 0 Å². The topological polar surface area (TPSA) is 56.8 Å². The van der Waals surface area contributed by atoms with E-state index in [1.165, 1.54) is 48.8 Å². The maximum absolute atomic E-state index is 9.88. The molecule has 1 aliphatic carbocycles. The predicted molar refractivity (Wildman–Crippen MR) is 153 cm³/mol. The molecule has 1 fully saturated rings. The summed E-state index contributed by atoms with van der Waals surface area (Å²) >= 11 is 0. The number of hydrogen-bond acceptors (Lipinski definition) is 3. The van der Waals surface area contributed by atoms with Crippen LogP contribution < -0.4 is 4.74 Å². The molecular formula is C34H46N2O. The van der Waals surface area contributed by atoms with Crippen LogP contribution in [0.3, 0.4) is 0 Å². The van der Waals surface area contributed by atoms with E-state index < -0.39 is 0 Å². The molecule has 2 aromatic rings. The first-order valence-electron chi connectivity index (χ1n) is 14.7.